The first kappa shape index (κ1) is 31.1. The average molecular weight is 644 g/mol. The van der Waals surface area contributed by atoms with Crippen LogP contribution >= 0.6 is 21.6 Å². The number of carbonyl (C=O) groups excluding carboxylic acids is 4. The summed E-state index contributed by atoms with van der Waals surface area (Å²) in [5, 5.41) is 2.05. The van der Waals surface area contributed by atoms with E-state index in [4.69, 9.17) is 0 Å². The molecule has 18 heteroatoms. The molecule has 0 radical (unpaired) electrons. The molecule has 2 unspecified atom stereocenters. The van der Waals surface area contributed by atoms with Gasteiger partial charge in [0.15, 0.2) is 58.2 Å². The molecule has 42 heavy (non-hydrogen) atoms. The summed E-state index contributed by atoms with van der Waals surface area (Å²) in [5.41, 5.74) is -8.86. The maximum absolute atomic E-state index is 14.6. The number of hydrogen-bond donors (Lipinski definition) is 2. The first-order chi connectivity index (χ1) is 19.5. The quantitative estimate of drug-likeness (QED) is 0.127. The molecule has 0 saturated heterocycles. The number of ketones is 4. The molecule has 0 spiro atoms. The van der Waals surface area contributed by atoms with Crippen molar-refractivity contribution in [3.63, 3.8) is 0 Å². The molecular formula is C24H10F10N2O4S2. The first-order valence-corrected chi connectivity index (χ1v) is 13.4. The maximum atomic E-state index is 14.6. The van der Waals surface area contributed by atoms with Crippen LogP contribution in [0.15, 0.2) is 23.0 Å². The van der Waals surface area contributed by atoms with Gasteiger partial charge in [0.1, 0.15) is 11.4 Å². The fourth-order valence-corrected chi connectivity index (χ4v) is 5.85. The van der Waals surface area contributed by atoms with E-state index in [2.05, 4.69) is 10.6 Å². The molecule has 0 aliphatic heterocycles. The molecule has 2 aliphatic rings. The normalized spacial score (nSPS) is 16.6. The number of allylic oxidation sites excluding steroid dienone is 4. The summed E-state index contributed by atoms with van der Waals surface area (Å²) in [6, 6.07) is 0. The van der Waals surface area contributed by atoms with E-state index >= 15 is 0 Å². The van der Waals surface area contributed by atoms with Gasteiger partial charge in [0.05, 0.1) is 33.0 Å². The number of rotatable bonds is 7. The van der Waals surface area contributed by atoms with Gasteiger partial charge in [-0.25, -0.2) is 43.9 Å². The van der Waals surface area contributed by atoms with Gasteiger partial charge >= 0.3 is 0 Å². The molecule has 4 rings (SSSR count). The molecule has 0 saturated carbocycles. The van der Waals surface area contributed by atoms with Crippen LogP contribution < -0.4 is 10.6 Å². The number of nitrogens with one attached hydrogen (secondary N) is 2. The Balaban J connectivity index is 1.50. The smallest absolute Gasteiger partial charge is 0.227 e. The zero-order valence-corrected chi connectivity index (χ0v) is 22.0. The summed E-state index contributed by atoms with van der Waals surface area (Å²) >= 11 is 0. The predicted molar refractivity (Wildman–Crippen MR) is 127 cm³/mol. The third-order valence-electron chi connectivity index (χ3n) is 5.77. The lowest BCUT2D eigenvalue weighted by Crippen LogP contribution is -2.36. The van der Waals surface area contributed by atoms with Crippen molar-refractivity contribution in [3.8, 4) is 0 Å². The standard InChI is InChI=1S/C24H10F10N2O4S2/c1-3(35-19-17(33)21(37)5-7(23(19)39)11(27)15(31)13(29)9(5)25)41-42-4(2)36-20-18(34)22(38)6-8(24(20)40)12(28)16(32)14(30)10(6)26/h3-4,35-36H,1-2H3. The Morgan fingerprint density at radius 3 is 0.929 bits per heavy atom. The minimum Gasteiger partial charge on any atom is -0.367 e. The van der Waals surface area contributed by atoms with Crippen LogP contribution in [0.3, 0.4) is 0 Å². The van der Waals surface area contributed by atoms with E-state index in [0.717, 1.165) is 0 Å². The second-order valence-corrected chi connectivity index (χ2v) is 11.4. The van der Waals surface area contributed by atoms with Crippen molar-refractivity contribution in [2.45, 2.75) is 24.6 Å². The fraction of sp³-hybridized carbons (Fsp3) is 0.167. The molecule has 2 N–H and O–H groups in total. The van der Waals surface area contributed by atoms with E-state index < -0.39 is 126 Å². The van der Waals surface area contributed by atoms with Crippen molar-refractivity contribution in [1.29, 1.82) is 0 Å². The molecule has 2 aromatic carbocycles. The highest BCUT2D eigenvalue weighted by Crippen LogP contribution is 2.37. The number of Topliss-reactive ketones (excluding diaryl/α,β-unsaturated/α-hetero) is 4. The van der Waals surface area contributed by atoms with Gasteiger partial charge in [-0.2, -0.15) is 0 Å². The van der Waals surface area contributed by atoms with Gasteiger partial charge in [-0.05, 0) is 13.8 Å². The third kappa shape index (κ3) is 4.75. The Labute approximate surface area is 235 Å². The molecule has 0 aromatic heterocycles. The van der Waals surface area contributed by atoms with Gasteiger partial charge in [0.25, 0.3) is 0 Å². The lowest BCUT2D eigenvalue weighted by Gasteiger charge is -2.24. The average Bonchev–Trinajstić information content (AvgIpc) is 2.95. The molecule has 0 bridgehead atoms. The van der Waals surface area contributed by atoms with Crippen molar-refractivity contribution in [3.05, 3.63) is 91.8 Å². The zero-order valence-electron chi connectivity index (χ0n) is 20.4. The second-order valence-electron chi connectivity index (χ2n) is 8.47. The van der Waals surface area contributed by atoms with Crippen LogP contribution in [0.4, 0.5) is 43.9 Å². The van der Waals surface area contributed by atoms with Gasteiger partial charge in [-0.15, -0.1) is 0 Å². The third-order valence-corrected chi connectivity index (χ3v) is 8.76. The topological polar surface area (TPSA) is 92.3 Å². The minimum absolute atomic E-state index is 0.657. The molecule has 222 valence electrons. The molecule has 0 amide bonds. The van der Waals surface area contributed by atoms with E-state index in [1.165, 1.54) is 13.8 Å². The lowest BCUT2D eigenvalue weighted by molar-refractivity contribution is 0.0937. The highest BCUT2D eigenvalue weighted by Gasteiger charge is 2.43. The van der Waals surface area contributed by atoms with Crippen LogP contribution in [0.25, 0.3) is 0 Å². The van der Waals surface area contributed by atoms with Gasteiger partial charge in [0, 0.05) is 0 Å². The van der Waals surface area contributed by atoms with Crippen molar-refractivity contribution < 1.29 is 63.1 Å². The Bertz CT molecular complexity index is 1590. The van der Waals surface area contributed by atoms with Crippen LogP contribution in [-0.4, -0.2) is 33.9 Å². The Kier molecular flexibility index (Phi) is 8.25. The van der Waals surface area contributed by atoms with E-state index in [0.29, 0.717) is 21.6 Å². The summed E-state index contributed by atoms with van der Waals surface area (Å²) in [4.78, 5) is 49.6. The molecule has 6 nitrogen and oxygen atoms in total. The van der Waals surface area contributed by atoms with Crippen molar-refractivity contribution >= 4 is 44.7 Å². The van der Waals surface area contributed by atoms with Crippen LogP contribution in [0.5, 0.6) is 0 Å². The Morgan fingerprint density at radius 1 is 0.429 bits per heavy atom. The maximum Gasteiger partial charge on any atom is 0.227 e. The summed E-state index contributed by atoms with van der Waals surface area (Å²) < 4.78 is 140. The van der Waals surface area contributed by atoms with E-state index in [1.54, 1.807) is 0 Å². The highest BCUT2D eigenvalue weighted by molar-refractivity contribution is 8.77. The fourth-order valence-electron chi connectivity index (χ4n) is 3.89. The van der Waals surface area contributed by atoms with Crippen LogP contribution in [0.2, 0.25) is 0 Å². The molecule has 0 heterocycles. The zero-order chi connectivity index (χ0) is 31.5. The summed E-state index contributed by atoms with van der Waals surface area (Å²) in [7, 11) is 1.31. The largest absolute Gasteiger partial charge is 0.367 e. The molecular weight excluding hydrogens is 634 g/mol. The van der Waals surface area contributed by atoms with Crippen LogP contribution in [0, 0.1) is 46.5 Å². The van der Waals surface area contributed by atoms with E-state index in [-0.39, 0.29) is 0 Å². The SMILES string of the molecule is CC(NC1=C(F)C(=O)c2c(F)c(F)c(F)c(F)c2C1=O)SSC(C)NC1=C(F)C(=O)c2c(F)c(F)c(F)c(F)c2C1=O. The molecule has 2 atom stereocenters. The highest BCUT2D eigenvalue weighted by atomic mass is 33.1. The monoisotopic (exact) mass is 644 g/mol. The van der Waals surface area contributed by atoms with E-state index in [9.17, 15) is 63.1 Å². The summed E-state index contributed by atoms with van der Waals surface area (Å²) in [6.07, 6.45) is 0. The number of hydrogen-bond acceptors (Lipinski definition) is 8. The van der Waals surface area contributed by atoms with Gasteiger partial charge in [-0.1, -0.05) is 21.6 Å². The Hall–Kier alpha value is -3.80. The first-order valence-electron chi connectivity index (χ1n) is 11.1. The molecule has 2 aromatic rings. The van der Waals surface area contributed by atoms with E-state index in [1.807, 2.05) is 0 Å². The van der Waals surface area contributed by atoms with Gasteiger partial charge in [0.2, 0.25) is 23.1 Å². The summed E-state index contributed by atoms with van der Waals surface area (Å²) in [5.74, 6) is -30.0. The van der Waals surface area contributed by atoms with Crippen molar-refractivity contribution in [2.75, 3.05) is 0 Å². The number of fused-ring (bicyclic) bond motifs is 2. The van der Waals surface area contributed by atoms with Crippen molar-refractivity contribution in [1.82, 2.24) is 10.6 Å². The van der Waals surface area contributed by atoms with Crippen molar-refractivity contribution in [2.24, 2.45) is 0 Å². The lowest BCUT2D eigenvalue weighted by atomic mass is 9.90. The van der Waals surface area contributed by atoms with Gasteiger partial charge < -0.3 is 10.6 Å². The number of carbonyl (C=O) groups is 4. The number of halogens is 10. The molecule has 0 fully saturated rings. The van der Waals surface area contributed by atoms with Crippen LogP contribution in [-0.2, 0) is 0 Å². The summed E-state index contributed by atoms with van der Waals surface area (Å²) in [6.45, 7) is 2.45. The minimum atomic E-state index is -2.43. The number of benzene rings is 2. The van der Waals surface area contributed by atoms with Crippen LogP contribution in [0.1, 0.15) is 55.3 Å². The molecule has 2 aliphatic carbocycles. The predicted octanol–water partition coefficient (Wildman–Crippen LogP) is 5.87. The Morgan fingerprint density at radius 2 is 0.667 bits per heavy atom. The van der Waals surface area contributed by atoms with Gasteiger partial charge in [-0.3, -0.25) is 19.2 Å². The second kappa shape index (κ2) is 11.1.